The lowest BCUT2D eigenvalue weighted by atomic mass is 10.1. The minimum Gasteiger partial charge on any atom is -0.394 e. The Hall–Kier alpha value is -1.84. The maximum atomic E-state index is 12.9. The van der Waals surface area contributed by atoms with Crippen molar-refractivity contribution < 1.29 is 23.7 Å². The van der Waals surface area contributed by atoms with E-state index in [1.807, 2.05) is 0 Å². The van der Waals surface area contributed by atoms with Crippen molar-refractivity contribution in [3.63, 3.8) is 0 Å². The summed E-state index contributed by atoms with van der Waals surface area (Å²) in [6.45, 7) is 0.882. The zero-order valence-electron chi connectivity index (χ0n) is 10.5. The molecule has 1 aliphatic heterocycles. The molecular weight excluding hydrogens is 276 g/mol. The van der Waals surface area contributed by atoms with Crippen molar-refractivity contribution >= 4 is 5.82 Å². The Morgan fingerprint density at radius 1 is 1.60 bits per heavy atom. The van der Waals surface area contributed by atoms with Gasteiger partial charge in [-0.2, -0.15) is 13.8 Å². The van der Waals surface area contributed by atoms with Crippen molar-refractivity contribution in [1.29, 1.82) is 0 Å². The summed E-state index contributed by atoms with van der Waals surface area (Å²) in [6.07, 6.45) is -5.41. The van der Waals surface area contributed by atoms with Crippen LogP contribution < -0.4 is 11.4 Å². The van der Waals surface area contributed by atoms with Crippen LogP contribution in [0.3, 0.4) is 0 Å². The summed E-state index contributed by atoms with van der Waals surface area (Å²) in [7, 11) is 0. The number of aromatic nitrogens is 2. The summed E-state index contributed by atoms with van der Waals surface area (Å²) in [4.78, 5) is 15.2. The van der Waals surface area contributed by atoms with Crippen molar-refractivity contribution in [3.8, 4) is 0 Å². The molecule has 20 heavy (non-hydrogen) atoms. The number of nitrogens with zero attached hydrogens (tertiary/aromatic N) is 2. The van der Waals surface area contributed by atoms with E-state index in [1.54, 1.807) is 6.92 Å². The van der Waals surface area contributed by atoms with Crippen LogP contribution in [0.1, 0.15) is 11.8 Å². The van der Waals surface area contributed by atoms with Crippen LogP contribution in [-0.2, 0) is 4.74 Å². The number of ether oxygens (including phenoxy) is 1. The minimum absolute atomic E-state index is 0.0187. The number of halogens is 2. The molecular formula is C11H13F2N3O4. The molecule has 0 bridgehead atoms. The predicted octanol–water partition coefficient (Wildman–Crippen LogP) is -0.465. The lowest BCUT2D eigenvalue weighted by Gasteiger charge is -2.15. The first-order valence-electron chi connectivity index (χ1n) is 5.71. The summed E-state index contributed by atoms with van der Waals surface area (Å²) in [5, 5.41) is 18.7. The second-order valence-electron chi connectivity index (χ2n) is 4.37. The Morgan fingerprint density at radius 3 is 2.80 bits per heavy atom. The molecule has 0 spiro atoms. The molecule has 0 unspecified atom stereocenters. The Morgan fingerprint density at radius 2 is 2.25 bits per heavy atom. The van der Waals surface area contributed by atoms with E-state index in [1.165, 1.54) is 6.20 Å². The van der Waals surface area contributed by atoms with E-state index in [-0.39, 0.29) is 5.82 Å². The van der Waals surface area contributed by atoms with Crippen LogP contribution in [-0.4, -0.2) is 38.6 Å². The maximum absolute atomic E-state index is 12.9. The molecule has 1 saturated heterocycles. The lowest BCUT2D eigenvalue weighted by Crippen LogP contribution is -2.29. The van der Waals surface area contributed by atoms with Gasteiger partial charge in [0, 0.05) is 11.8 Å². The van der Waals surface area contributed by atoms with Crippen LogP contribution in [0.25, 0.3) is 0 Å². The van der Waals surface area contributed by atoms with Gasteiger partial charge in [-0.05, 0) is 6.92 Å². The summed E-state index contributed by atoms with van der Waals surface area (Å²) in [5.41, 5.74) is 4.19. The normalized spacial score (nSPS) is 26.1. The topological polar surface area (TPSA) is 111 Å². The number of rotatable bonds is 2. The standard InChI is InChI=1S/C11H13F2N3O4/c1-4-2-16(11(19)15-9(4)14)10-6(8(12)13)7(18)5(3-17)20-10/h2,5,7,10,17-18H,3H2,1H3,(H2,14,15,19)/t5-,7-,10-/m1/s1. The molecule has 2 rings (SSSR count). The second-order valence-corrected chi connectivity index (χ2v) is 4.37. The molecule has 0 radical (unpaired) electrons. The van der Waals surface area contributed by atoms with Crippen LogP contribution in [0.2, 0.25) is 0 Å². The highest BCUT2D eigenvalue weighted by Gasteiger charge is 2.43. The van der Waals surface area contributed by atoms with Gasteiger partial charge in [0.2, 0.25) is 0 Å². The number of hydrogen-bond donors (Lipinski definition) is 3. The number of aliphatic hydroxyl groups excluding tert-OH is 2. The quantitative estimate of drug-likeness (QED) is 0.679. The smallest absolute Gasteiger partial charge is 0.351 e. The highest BCUT2D eigenvalue weighted by Crippen LogP contribution is 2.36. The number of nitrogens with two attached hydrogens (primary N) is 1. The minimum atomic E-state index is -2.17. The third kappa shape index (κ3) is 2.30. The average molecular weight is 289 g/mol. The van der Waals surface area contributed by atoms with Crippen LogP contribution in [0.5, 0.6) is 0 Å². The fraction of sp³-hybridized carbons (Fsp3) is 0.455. The molecule has 9 heteroatoms. The van der Waals surface area contributed by atoms with Gasteiger partial charge in [-0.15, -0.1) is 0 Å². The van der Waals surface area contributed by atoms with Gasteiger partial charge >= 0.3 is 5.69 Å². The van der Waals surface area contributed by atoms with Crippen molar-refractivity contribution in [2.45, 2.75) is 25.4 Å². The van der Waals surface area contributed by atoms with Crippen molar-refractivity contribution in [2.75, 3.05) is 12.3 Å². The van der Waals surface area contributed by atoms with E-state index >= 15 is 0 Å². The molecule has 1 fully saturated rings. The largest absolute Gasteiger partial charge is 0.394 e. The first-order chi connectivity index (χ1) is 9.36. The highest BCUT2D eigenvalue weighted by molar-refractivity contribution is 5.35. The first-order valence-corrected chi connectivity index (χ1v) is 5.71. The van der Waals surface area contributed by atoms with Crippen LogP contribution >= 0.6 is 0 Å². The molecule has 7 nitrogen and oxygen atoms in total. The third-order valence-corrected chi connectivity index (χ3v) is 3.07. The number of hydrogen-bond acceptors (Lipinski definition) is 6. The molecule has 0 aromatic carbocycles. The molecule has 2 heterocycles. The molecule has 3 atom stereocenters. The van der Waals surface area contributed by atoms with Crippen molar-refractivity contribution in [2.24, 2.45) is 0 Å². The van der Waals surface area contributed by atoms with E-state index in [2.05, 4.69) is 4.98 Å². The Labute approximate surface area is 111 Å². The van der Waals surface area contributed by atoms with Crippen LogP contribution in [0, 0.1) is 6.92 Å². The molecule has 1 aliphatic rings. The summed E-state index contributed by atoms with van der Waals surface area (Å²) < 4.78 is 31.8. The summed E-state index contributed by atoms with van der Waals surface area (Å²) >= 11 is 0. The van der Waals surface area contributed by atoms with E-state index < -0.39 is 42.4 Å². The average Bonchev–Trinajstić information content (AvgIpc) is 2.70. The first kappa shape index (κ1) is 14.6. The second kappa shape index (κ2) is 5.27. The fourth-order valence-corrected chi connectivity index (χ4v) is 1.97. The van der Waals surface area contributed by atoms with Gasteiger partial charge in [0.15, 0.2) is 6.23 Å². The highest BCUT2D eigenvalue weighted by atomic mass is 19.3. The molecule has 0 amide bonds. The number of aliphatic hydroxyl groups is 2. The molecule has 0 aliphatic carbocycles. The van der Waals surface area contributed by atoms with E-state index in [4.69, 9.17) is 15.6 Å². The molecule has 1 aromatic rings. The van der Waals surface area contributed by atoms with Gasteiger partial charge in [-0.3, -0.25) is 4.57 Å². The van der Waals surface area contributed by atoms with Crippen molar-refractivity contribution in [3.05, 3.63) is 33.9 Å². The van der Waals surface area contributed by atoms with Crippen molar-refractivity contribution in [1.82, 2.24) is 9.55 Å². The zero-order valence-corrected chi connectivity index (χ0v) is 10.5. The number of nitrogen functional groups attached to an aromatic ring is 1. The lowest BCUT2D eigenvalue weighted by molar-refractivity contribution is -0.0448. The van der Waals surface area contributed by atoms with Crippen LogP contribution in [0.4, 0.5) is 14.6 Å². The molecule has 4 N–H and O–H groups in total. The fourth-order valence-electron chi connectivity index (χ4n) is 1.97. The Balaban J connectivity index is 2.54. The van der Waals surface area contributed by atoms with Gasteiger partial charge < -0.3 is 20.7 Å². The maximum Gasteiger partial charge on any atom is 0.351 e. The zero-order chi connectivity index (χ0) is 15.0. The van der Waals surface area contributed by atoms with E-state index in [0.717, 1.165) is 4.57 Å². The van der Waals surface area contributed by atoms with Gasteiger partial charge in [0.25, 0.3) is 6.08 Å². The van der Waals surface area contributed by atoms with E-state index in [0.29, 0.717) is 5.56 Å². The SMILES string of the molecule is Cc1cn([C@@H]2O[C@H](CO)[C@@H](O)C2=C(F)F)c(=O)nc1N. The summed E-state index contributed by atoms with van der Waals surface area (Å²) in [5.74, 6) is -0.0187. The van der Waals surface area contributed by atoms with E-state index in [9.17, 15) is 18.7 Å². The number of anilines is 1. The third-order valence-electron chi connectivity index (χ3n) is 3.07. The van der Waals surface area contributed by atoms with Crippen LogP contribution in [0.15, 0.2) is 22.6 Å². The Kier molecular flexibility index (Phi) is 3.84. The predicted molar refractivity (Wildman–Crippen MR) is 63.9 cm³/mol. The monoisotopic (exact) mass is 289 g/mol. The van der Waals surface area contributed by atoms with Gasteiger partial charge in [0.1, 0.15) is 18.0 Å². The van der Waals surface area contributed by atoms with Gasteiger partial charge in [-0.1, -0.05) is 0 Å². The molecule has 110 valence electrons. The molecule has 0 saturated carbocycles. The summed E-state index contributed by atoms with van der Waals surface area (Å²) in [6, 6.07) is 0. The Bertz CT molecular complexity index is 612. The number of aryl methyl sites for hydroxylation is 1. The van der Waals surface area contributed by atoms with Gasteiger partial charge in [0.05, 0.1) is 12.2 Å². The molecule has 1 aromatic heterocycles. The van der Waals surface area contributed by atoms with Gasteiger partial charge in [-0.25, -0.2) is 4.79 Å².